The zero-order valence-electron chi connectivity index (χ0n) is 10.7. The fourth-order valence-electron chi connectivity index (χ4n) is 1.71. The van der Waals surface area contributed by atoms with E-state index in [9.17, 15) is 0 Å². The van der Waals surface area contributed by atoms with E-state index in [1.165, 1.54) is 0 Å². The van der Waals surface area contributed by atoms with Crippen molar-refractivity contribution in [2.45, 2.75) is 25.8 Å². The summed E-state index contributed by atoms with van der Waals surface area (Å²) < 4.78 is 6.85. The molecule has 1 atom stereocenters. The number of hydrogen-bond acceptors (Lipinski definition) is 4. The molecule has 5 nitrogen and oxygen atoms in total. The minimum atomic E-state index is 0.175. The minimum Gasteiger partial charge on any atom is -0.493 e. The summed E-state index contributed by atoms with van der Waals surface area (Å²) in [4.78, 5) is 4.23. The molecule has 0 aliphatic carbocycles. The summed E-state index contributed by atoms with van der Waals surface area (Å²) in [5.74, 6) is 0.727. The van der Waals surface area contributed by atoms with Crippen LogP contribution >= 0.6 is 0 Å². The van der Waals surface area contributed by atoms with Crippen LogP contribution < -0.4 is 10.5 Å². The van der Waals surface area contributed by atoms with Crippen molar-refractivity contribution in [1.29, 1.82) is 0 Å². The number of ether oxygens (including phenoxy) is 1. The first kappa shape index (κ1) is 12.6. The molecule has 2 heterocycles. The Morgan fingerprint density at radius 1 is 1.39 bits per heavy atom. The van der Waals surface area contributed by atoms with Gasteiger partial charge in [-0.15, -0.1) is 0 Å². The Hall–Kier alpha value is -1.88. The van der Waals surface area contributed by atoms with Gasteiger partial charge in [0.15, 0.2) is 5.75 Å². The molecule has 0 amide bonds. The first-order chi connectivity index (χ1) is 8.72. The second-order valence-corrected chi connectivity index (χ2v) is 4.25. The summed E-state index contributed by atoms with van der Waals surface area (Å²) in [7, 11) is 1.62. The van der Waals surface area contributed by atoms with Gasteiger partial charge in [0.05, 0.1) is 31.4 Å². The first-order valence-corrected chi connectivity index (χ1v) is 6.01. The molecule has 0 bridgehead atoms. The molecule has 2 N–H and O–H groups in total. The second kappa shape index (κ2) is 5.64. The predicted molar refractivity (Wildman–Crippen MR) is 69.9 cm³/mol. The van der Waals surface area contributed by atoms with E-state index < -0.39 is 0 Å². The zero-order chi connectivity index (χ0) is 13.0. The molecule has 18 heavy (non-hydrogen) atoms. The Bertz CT molecular complexity index is 509. The maximum absolute atomic E-state index is 5.95. The lowest BCUT2D eigenvalue weighted by Crippen LogP contribution is -2.21. The van der Waals surface area contributed by atoms with Crippen LogP contribution in [0.5, 0.6) is 5.75 Å². The molecule has 0 saturated heterocycles. The summed E-state index contributed by atoms with van der Waals surface area (Å²) in [5, 5.41) is 4.22. The summed E-state index contributed by atoms with van der Waals surface area (Å²) >= 11 is 0. The van der Waals surface area contributed by atoms with Gasteiger partial charge in [-0.05, 0) is 24.5 Å². The largest absolute Gasteiger partial charge is 0.493 e. The van der Waals surface area contributed by atoms with Gasteiger partial charge in [-0.2, -0.15) is 5.10 Å². The highest BCUT2D eigenvalue weighted by molar-refractivity contribution is 5.33. The van der Waals surface area contributed by atoms with Gasteiger partial charge in [-0.1, -0.05) is 6.92 Å². The van der Waals surface area contributed by atoms with Gasteiger partial charge in [0.1, 0.15) is 0 Å². The molecule has 2 aromatic heterocycles. The van der Waals surface area contributed by atoms with Gasteiger partial charge in [-0.3, -0.25) is 4.98 Å². The van der Waals surface area contributed by atoms with E-state index in [4.69, 9.17) is 10.5 Å². The van der Waals surface area contributed by atoms with Crippen LogP contribution in [0, 0.1) is 0 Å². The van der Waals surface area contributed by atoms with Gasteiger partial charge in [-0.25, -0.2) is 4.68 Å². The van der Waals surface area contributed by atoms with E-state index in [0.29, 0.717) is 0 Å². The van der Waals surface area contributed by atoms with Gasteiger partial charge < -0.3 is 10.5 Å². The third-order valence-electron chi connectivity index (χ3n) is 2.86. The average molecular weight is 246 g/mol. The van der Waals surface area contributed by atoms with Crippen molar-refractivity contribution in [3.05, 3.63) is 36.4 Å². The predicted octanol–water partition coefficient (Wildman–Crippen LogP) is 1.56. The van der Waals surface area contributed by atoms with E-state index in [1.807, 2.05) is 12.4 Å². The first-order valence-electron chi connectivity index (χ1n) is 6.01. The van der Waals surface area contributed by atoms with Crippen LogP contribution in [0.1, 0.15) is 18.9 Å². The molecular formula is C13H18N4O. The highest BCUT2D eigenvalue weighted by Crippen LogP contribution is 2.14. The molecule has 0 spiro atoms. The molecule has 0 aromatic carbocycles. The van der Waals surface area contributed by atoms with Crippen molar-refractivity contribution in [2.75, 3.05) is 7.11 Å². The van der Waals surface area contributed by atoms with E-state index in [0.717, 1.165) is 29.8 Å². The summed E-state index contributed by atoms with van der Waals surface area (Å²) in [5.41, 5.74) is 7.99. The van der Waals surface area contributed by atoms with Crippen LogP contribution in [-0.2, 0) is 6.42 Å². The molecule has 96 valence electrons. The number of pyridine rings is 1. The second-order valence-electron chi connectivity index (χ2n) is 4.25. The highest BCUT2D eigenvalue weighted by atomic mass is 16.5. The maximum atomic E-state index is 5.95. The van der Waals surface area contributed by atoms with E-state index >= 15 is 0 Å². The molecule has 0 aliphatic heterocycles. The lowest BCUT2D eigenvalue weighted by Gasteiger charge is -2.09. The standard InChI is InChI=1S/C13H18N4O/c1-3-11(14)4-10-5-12(7-15-6-10)17-9-13(18-2)8-16-17/h5-9,11H,3-4,14H2,1-2H3. The molecule has 1 unspecified atom stereocenters. The Morgan fingerprint density at radius 3 is 2.89 bits per heavy atom. The molecule has 5 heteroatoms. The van der Waals surface area contributed by atoms with Crippen LogP contribution in [0.2, 0.25) is 0 Å². The van der Waals surface area contributed by atoms with Crippen molar-refractivity contribution in [2.24, 2.45) is 5.73 Å². The molecule has 0 aliphatic rings. The smallest absolute Gasteiger partial charge is 0.157 e. The van der Waals surface area contributed by atoms with Crippen LogP contribution in [-0.4, -0.2) is 27.9 Å². The van der Waals surface area contributed by atoms with Crippen LogP contribution in [0.3, 0.4) is 0 Å². The molecule has 0 fully saturated rings. The minimum absolute atomic E-state index is 0.175. The Labute approximate surface area is 107 Å². The summed E-state index contributed by atoms with van der Waals surface area (Å²) in [6.45, 7) is 2.08. The van der Waals surface area contributed by atoms with Crippen LogP contribution in [0.15, 0.2) is 30.9 Å². The lowest BCUT2D eigenvalue weighted by molar-refractivity contribution is 0.414. The van der Waals surface area contributed by atoms with Gasteiger partial charge in [0.25, 0.3) is 0 Å². The summed E-state index contributed by atoms with van der Waals surface area (Å²) in [6, 6.07) is 2.23. The van der Waals surface area contributed by atoms with Gasteiger partial charge >= 0.3 is 0 Å². The Morgan fingerprint density at radius 2 is 2.22 bits per heavy atom. The average Bonchev–Trinajstić information content (AvgIpc) is 2.87. The van der Waals surface area contributed by atoms with Crippen LogP contribution in [0.4, 0.5) is 0 Å². The normalized spacial score (nSPS) is 12.4. The van der Waals surface area contributed by atoms with Crippen molar-refractivity contribution in [3.8, 4) is 11.4 Å². The SMILES string of the molecule is CCC(N)Cc1cncc(-n2cc(OC)cn2)c1. The fourth-order valence-corrected chi connectivity index (χ4v) is 1.71. The number of hydrogen-bond donors (Lipinski definition) is 1. The van der Waals surface area contributed by atoms with Gasteiger partial charge in [0.2, 0.25) is 0 Å². The number of nitrogens with two attached hydrogens (primary N) is 1. The third kappa shape index (κ3) is 2.87. The van der Waals surface area contributed by atoms with Crippen molar-refractivity contribution < 1.29 is 4.74 Å². The number of aromatic nitrogens is 3. The Kier molecular flexibility index (Phi) is 3.94. The lowest BCUT2D eigenvalue weighted by atomic mass is 10.1. The number of rotatable bonds is 5. The quantitative estimate of drug-likeness (QED) is 0.869. The van der Waals surface area contributed by atoms with E-state index in [-0.39, 0.29) is 6.04 Å². The topological polar surface area (TPSA) is 66.0 Å². The van der Waals surface area contributed by atoms with E-state index in [2.05, 4.69) is 23.1 Å². The monoisotopic (exact) mass is 246 g/mol. The molecule has 0 radical (unpaired) electrons. The number of nitrogens with zero attached hydrogens (tertiary/aromatic N) is 3. The highest BCUT2D eigenvalue weighted by Gasteiger charge is 2.05. The van der Waals surface area contributed by atoms with Gasteiger partial charge in [0, 0.05) is 12.2 Å². The molecule has 2 rings (SSSR count). The molecular weight excluding hydrogens is 228 g/mol. The van der Waals surface area contributed by atoms with Crippen LogP contribution in [0.25, 0.3) is 5.69 Å². The Balaban J connectivity index is 2.21. The molecule has 2 aromatic rings. The maximum Gasteiger partial charge on any atom is 0.157 e. The van der Waals surface area contributed by atoms with E-state index in [1.54, 1.807) is 24.2 Å². The number of methoxy groups -OCH3 is 1. The molecule has 0 saturated carbocycles. The third-order valence-corrected chi connectivity index (χ3v) is 2.86. The van der Waals surface area contributed by atoms with Crippen molar-refractivity contribution in [1.82, 2.24) is 14.8 Å². The van der Waals surface area contributed by atoms with Crippen molar-refractivity contribution >= 4 is 0 Å². The van der Waals surface area contributed by atoms with Crippen molar-refractivity contribution in [3.63, 3.8) is 0 Å². The summed E-state index contributed by atoms with van der Waals surface area (Å²) in [6.07, 6.45) is 8.90. The fraction of sp³-hybridized carbons (Fsp3) is 0.385. The zero-order valence-corrected chi connectivity index (χ0v) is 10.7.